The van der Waals surface area contributed by atoms with Gasteiger partial charge in [0.1, 0.15) is 13.2 Å². The Morgan fingerprint density at radius 2 is 1.43 bits per heavy atom. The number of fused-ring (bicyclic) bond motifs is 2. The van der Waals surface area contributed by atoms with Crippen LogP contribution >= 0.6 is 8.58 Å². The molecule has 0 saturated carbocycles. The summed E-state index contributed by atoms with van der Waals surface area (Å²) >= 11 is 0. The zero-order valence-electron chi connectivity index (χ0n) is 46.5. The average molecular weight is 1060 g/mol. The van der Waals surface area contributed by atoms with Gasteiger partial charge in [0.25, 0.3) is 5.91 Å². The summed E-state index contributed by atoms with van der Waals surface area (Å²) in [4.78, 5) is 58.2. The molecule has 5 aromatic carbocycles. The van der Waals surface area contributed by atoms with Crippen molar-refractivity contribution in [1.29, 1.82) is 0 Å². The number of hydrogen-bond acceptors (Lipinski definition) is 12. The Balaban J connectivity index is 0.000000497. The average Bonchev–Trinajstić information content (AvgIpc) is 4.02. The van der Waals surface area contributed by atoms with Gasteiger partial charge < -0.3 is 43.7 Å². The quantitative estimate of drug-likeness (QED) is 0.0168. The van der Waals surface area contributed by atoms with E-state index >= 15 is 0 Å². The lowest BCUT2D eigenvalue weighted by atomic mass is 9.90. The molecule has 2 heterocycles. The molecule has 5 aromatic rings. The number of methoxy groups -OCH3 is 2. The van der Waals surface area contributed by atoms with Gasteiger partial charge >= 0.3 is 0 Å². The highest BCUT2D eigenvalue weighted by atomic mass is 31.1. The van der Waals surface area contributed by atoms with Crippen LogP contribution in [-0.4, -0.2) is 95.9 Å². The van der Waals surface area contributed by atoms with E-state index in [2.05, 4.69) is 48.8 Å². The molecule has 3 unspecified atom stereocenters. The number of nitrogens with one attached hydrogen (secondary N) is 2. The summed E-state index contributed by atoms with van der Waals surface area (Å²) in [5, 5.41) is 2.73. The summed E-state index contributed by atoms with van der Waals surface area (Å²) in [7, 11) is 7.15. The molecule has 7 rings (SSSR count). The van der Waals surface area contributed by atoms with Crippen LogP contribution < -0.4 is 50.2 Å². The van der Waals surface area contributed by atoms with Gasteiger partial charge in [0.05, 0.1) is 54.4 Å². The van der Waals surface area contributed by atoms with E-state index in [1.807, 2.05) is 136 Å². The molecule has 3 atom stereocenters. The van der Waals surface area contributed by atoms with Crippen molar-refractivity contribution in [2.75, 3.05) is 68.1 Å². The van der Waals surface area contributed by atoms with Gasteiger partial charge in [0, 0.05) is 56.4 Å². The highest BCUT2D eigenvalue weighted by Gasteiger charge is 2.42. The van der Waals surface area contributed by atoms with E-state index in [0.29, 0.717) is 55.8 Å². The third-order valence-electron chi connectivity index (χ3n) is 13.3. The number of aryl methyl sites for hydroxylation is 1. The second-order valence-electron chi connectivity index (χ2n) is 20.3. The maximum atomic E-state index is 14.9. The van der Waals surface area contributed by atoms with Gasteiger partial charge in [-0.25, -0.2) is 5.84 Å². The van der Waals surface area contributed by atoms with Crippen molar-refractivity contribution in [3.8, 4) is 23.0 Å². The lowest BCUT2D eigenvalue weighted by Crippen LogP contribution is -2.53. The number of ether oxygens (including phenoxy) is 5. The number of nitrogens with two attached hydrogens (primary N) is 1. The number of amides is 4. The van der Waals surface area contributed by atoms with Crippen LogP contribution in [-0.2, 0) is 45.2 Å². The Kier molecular flexibility index (Phi) is 21.4. The molecule has 0 aliphatic carbocycles. The van der Waals surface area contributed by atoms with Crippen LogP contribution in [0.15, 0.2) is 102 Å². The van der Waals surface area contributed by atoms with E-state index in [1.54, 1.807) is 44.7 Å². The third kappa shape index (κ3) is 14.9. The fourth-order valence-corrected chi connectivity index (χ4v) is 9.68. The first-order chi connectivity index (χ1) is 36.2. The SMILES string of the molecule is CCC(C)(PC)N(C(=O)C(C)(C)COC(C)(C)C)c1cc(COc2ccc(C)cc2OC)cc(COc2cc(NC)c(C(=O)N3CCc4ccccc43)cc2OC)c1.CN=CC1Cc2ccccc2N1C=O.NNC=O. The standard InChI is InChI=1S/C47H62N3O7P.C11H12N2O.CH4N2O/c1-13-47(8,58-12)50(44(52)46(6,7)30-57-45(3,4)5)35-24-32(28-55-39-19-18-31(2)22-40(39)53-10)23-33(25-35)29-56-42-27-37(48-9)36(26-41(42)54-11)43(51)49-21-20-34-16-14-15-17-38(34)49;1-12-7-10-6-9-4-2-3-5-11(9)13(10)8-14;2-3-1-4/h14-19,22-27,48,58H,13,20-21,28-30H2,1-12H3;2-5,7-8,10H,6H2,1H3;1H,2H2,(H,3,4). The fourth-order valence-electron chi connectivity index (χ4n) is 8.87. The molecule has 0 fully saturated rings. The minimum Gasteiger partial charge on any atom is -0.493 e. The summed E-state index contributed by atoms with van der Waals surface area (Å²) in [5.74, 6) is 6.44. The fraction of sp³-hybridized carbons (Fsp3) is 0.407. The van der Waals surface area contributed by atoms with Crippen molar-refractivity contribution in [2.45, 2.75) is 105 Å². The van der Waals surface area contributed by atoms with Crippen LogP contribution in [0.25, 0.3) is 0 Å². The molecule has 17 heteroatoms. The first kappa shape index (κ1) is 59.9. The van der Waals surface area contributed by atoms with Crippen molar-refractivity contribution >= 4 is 62.2 Å². The largest absolute Gasteiger partial charge is 0.493 e. The van der Waals surface area contributed by atoms with Crippen molar-refractivity contribution in [3.05, 3.63) is 130 Å². The molecule has 76 heavy (non-hydrogen) atoms. The number of benzene rings is 5. The number of hydrazine groups is 1. The highest BCUT2D eigenvalue weighted by molar-refractivity contribution is 7.39. The third-order valence-corrected chi connectivity index (χ3v) is 14.9. The Labute approximate surface area is 451 Å². The molecule has 0 spiro atoms. The van der Waals surface area contributed by atoms with E-state index in [9.17, 15) is 14.4 Å². The van der Waals surface area contributed by atoms with Crippen LogP contribution in [0.4, 0.5) is 22.7 Å². The summed E-state index contributed by atoms with van der Waals surface area (Å²) in [6.07, 6.45) is 5.51. The van der Waals surface area contributed by atoms with E-state index in [-0.39, 0.29) is 37.7 Å². The number of anilines is 4. The summed E-state index contributed by atoms with van der Waals surface area (Å²) in [6, 6.07) is 31.5. The molecule has 2 aliphatic rings. The van der Waals surface area contributed by atoms with Crippen LogP contribution in [0, 0.1) is 12.3 Å². The van der Waals surface area contributed by atoms with Crippen molar-refractivity contribution in [1.82, 2.24) is 5.43 Å². The summed E-state index contributed by atoms with van der Waals surface area (Å²) in [6.45, 7) is 19.6. The number of nitrogens with zero attached hydrogens (tertiary/aromatic N) is 4. The zero-order chi connectivity index (χ0) is 55.8. The van der Waals surface area contributed by atoms with Crippen LogP contribution in [0.2, 0.25) is 0 Å². The number of rotatable bonds is 20. The minimum absolute atomic E-state index is 0.0261. The Morgan fingerprint density at radius 3 is 2.00 bits per heavy atom. The van der Waals surface area contributed by atoms with Gasteiger partial charge in [0.2, 0.25) is 18.7 Å². The number of para-hydroxylation sites is 2. The predicted molar refractivity (Wildman–Crippen MR) is 307 cm³/mol. The van der Waals surface area contributed by atoms with Crippen LogP contribution in [0.5, 0.6) is 23.0 Å². The van der Waals surface area contributed by atoms with E-state index in [1.165, 1.54) is 5.56 Å². The number of carbonyl (C=O) groups is 4. The van der Waals surface area contributed by atoms with E-state index in [0.717, 1.165) is 65.0 Å². The maximum absolute atomic E-state index is 14.9. The molecule has 4 amide bonds. The minimum atomic E-state index is -0.824. The second-order valence-corrected chi connectivity index (χ2v) is 21.9. The topological polar surface area (TPSA) is 187 Å². The molecule has 0 bridgehead atoms. The maximum Gasteiger partial charge on any atom is 0.260 e. The first-order valence-corrected chi connectivity index (χ1v) is 26.9. The summed E-state index contributed by atoms with van der Waals surface area (Å²) in [5.41, 5.74) is 9.43. The van der Waals surface area contributed by atoms with Crippen molar-refractivity contribution in [2.24, 2.45) is 16.3 Å². The molecular formula is C59H78N7O9P. The molecule has 4 N–H and O–H groups in total. The lowest BCUT2D eigenvalue weighted by molar-refractivity contribution is -0.134. The van der Waals surface area contributed by atoms with Crippen LogP contribution in [0.3, 0.4) is 0 Å². The molecule has 0 saturated heterocycles. The van der Waals surface area contributed by atoms with Gasteiger partial charge in [-0.2, -0.15) is 0 Å². The van der Waals surface area contributed by atoms with E-state index in [4.69, 9.17) is 28.5 Å². The zero-order valence-corrected chi connectivity index (χ0v) is 47.5. The molecule has 408 valence electrons. The highest BCUT2D eigenvalue weighted by Crippen LogP contribution is 2.43. The van der Waals surface area contributed by atoms with E-state index < -0.39 is 16.3 Å². The Morgan fingerprint density at radius 1 is 0.829 bits per heavy atom. The molecule has 2 aliphatic heterocycles. The normalized spacial score (nSPS) is 14.6. The summed E-state index contributed by atoms with van der Waals surface area (Å²) < 4.78 is 30.6. The Hall–Kier alpha value is -7.00. The van der Waals surface area contributed by atoms with Gasteiger partial charge in [-0.1, -0.05) is 58.0 Å². The number of aliphatic imine (C=N–C) groups is 1. The lowest BCUT2D eigenvalue weighted by Gasteiger charge is -2.44. The van der Waals surface area contributed by atoms with Gasteiger partial charge in [-0.15, -0.1) is 0 Å². The van der Waals surface area contributed by atoms with Gasteiger partial charge in [-0.3, -0.25) is 29.6 Å². The molecule has 16 nitrogen and oxygen atoms in total. The molecule has 0 aromatic heterocycles. The smallest absolute Gasteiger partial charge is 0.260 e. The molecular weight excluding hydrogens is 982 g/mol. The number of carbonyl (C=O) groups excluding carboxylic acids is 4. The van der Waals surface area contributed by atoms with Crippen molar-refractivity contribution in [3.63, 3.8) is 0 Å². The molecule has 0 radical (unpaired) electrons. The second kappa shape index (κ2) is 27.2. The Bertz CT molecular complexity index is 2810. The first-order valence-electron chi connectivity index (χ1n) is 25.4. The van der Waals surface area contributed by atoms with Gasteiger partial charge in [-0.05, 0) is 144 Å². The van der Waals surface area contributed by atoms with Gasteiger partial charge in [0.15, 0.2) is 23.0 Å². The predicted octanol–water partition coefficient (Wildman–Crippen LogP) is 9.90. The van der Waals surface area contributed by atoms with Crippen LogP contribution in [0.1, 0.15) is 93.1 Å². The van der Waals surface area contributed by atoms with Crippen molar-refractivity contribution < 1.29 is 42.9 Å². The monoisotopic (exact) mass is 1060 g/mol. The number of hydrogen-bond donors (Lipinski definition) is 3.